The van der Waals surface area contributed by atoms with Gasteiger partial charge >= 0.3 is 5.97 Å². The van der Waals surface area contributed by atoms with Crippen molar-refractivity contribution in [3.05, 3.63) is 35.2 Å². The number of halogens is 1. The Labute approximate surface area is 126 Å². The van der Waals surface area contributed by atoms with E-state index in [-0.39, 0.29) is 11.8 Å². The summed E-state index contributed by atoms with van der Waals surface area (Å²) in [4.78, 5) is 11.0. The molecule has 0 bridgehead atoms. The van der Waals surface area contributed by atoms with E-state index in [1.165, 1.54) is 0 Å². The molecule has 0 saturated heterocycles. The van der Waals surface area contributed by atoms with Gasteiger partial charge in [-0.05, 0) is 49.9 Å². The SMILES string of the molecule is O=C(O)C1CCC(c2nnc(-c3ccc(Cl)cc3)o2)CC1. The number of carboxylic acids is 1. The number of carbonyl (C=O) groups is 1. The minimum Gasteiger partial charge on any atom is -0.481 e. The molecule has 0 amide bonds. The number of aliphatic carboxylic acids is 1. The first-order valence-corrected chi connectivity index (χ1v) is 7.33. The minimum atomic E-state index is -0.708. The lowest BCUT2D eigenvalue weighted by molar-refractivity contribution is -0.142. The quantitative estimate of drug-likeness (QED) is 0.934. The average Bonchev–Trinajstić information content (AvgIpc) is 2.98. The van der Waals surface area contributed by atoms with Gasteiger partial charge in [0.2, 0.25) is 11.8 Å². The van der Waals surface area contributed by atoms with Gasteiger partial charge in [-0.25, -0.2) is 0 Å². The minimum absolute atomic E-state index is 0.161. The Balaban J connectivity index is 1.71. The number of hydrogen-bond acceptors (Lipinski definition) is 4. The number of nitrogens with zero attached hydrogens (tertiary/aromatic N) is 2. The van der Waals surface area contributed by atoms with Crippen LogP contribution < -0.4 is 0 Å². The number of rotatable bonds is 3. The fourth-order valence-corrected chi connectivity index (χ4v) is 2.82. The van der Waals surface area contributed by atoms with Crippen LogP contribution >= 0.6 is 11.6 Å². The smallest absolute Gasteiger partial charge is 0.306 e. The van der Waals surface area contributed by atoms with Crippen molar-refractivity contribution in [3.8, 4) is 11.5 Å². The van der Waals surface area contributed by atoms with E-state index in [1.807, 2.05) is 12.1 Å². The Morgan fingerprint density at radius 3 is 2.43 bits per heavy atom. The number of aromatic nitrogens is 2. The van der Waals surface area contributed by atoms with Crippen LogP contribution in [0.4, 0.5) is 0 Å². The third kappa shape index (κ3) is 3.08. The van der Waals surface area contributed by atoms with E-state index < -0.39 is 5.97 Å². The monoisotopic (exact) mass is 306 g/mol. The van der Waals surface area contributed by atoms with E-state index in [2.05, 4.69) is 10.2 Å². The van der Waals surface area contributed by atoms with Crippen LogP contribution in [0.5, 0.6) is 0 Å². The second kappa shape index (κ2) is 5.85. The van der Waals surface area contributed by atoms with Gasteiger partial charge in [-0.1, -0.05) is 11.6 Å². The molecule has 1 heterocycles. The van der Waals surface area contributed by atoms with Gasteiger partial charge in [-0.15, -0.1) is 10.2 Å². The predicted octanol–water partition coefficient (Wildman–Crippen LogP) is 3.75. The van der Waals surface area contributed by atoms with E-state index in [9.17, 15) is 4.79 Å². The second-order valence-corrected chi connectivity index (χ2v) is 5.78. The van der Waals surface area contributed by atoms with E-state index in [0.717, 1.165) is 18.4 Å². The molecule has 0 atom stereocenters. The molecular formula is C15H15ClN2O3. The molecule has 1 N–H and O–H groups in total. The first kappa shape index (κ1) is 14.1. The third-order valence-corrected chi connectivity index (χ3v) is 4.21. The first-order valence-electron chi connectivity index (χ1n) is 6.95. The maximum absolute atomic E-state index is 11.0. The summed E-state index contributed by atoms with van der Waals surface area (Å²) in [5, 5.41) is 17.8. The third-order valence-electron chi connectivity index (χ3n) is 3.96. The van der Waals surface area contributed by atoms with Crippen molar-refractivity contribution in [2.75, 3.05) is 0 Å². The van der Waals surface area contributed by atoms with Gasteiger partial charge in [0.25, 0.3) is 0 Å². The molecule has 1 fully saturated rings. The molecule has 110 valence electrons. The summed E-state index contributed by atoms with van der Waals surface area (Å²) in [6.45, 7) is 0. The fraction of sp³-hybridized carbons (Fsp3) is 0.400. The summed E-state index contributed by atoms with van der Waals surface area (Å²) >= 11 is 5.85. The van der Waals surface area contributed by atoms with Crippen LogP contribution in [-0.2, 0) is 4.79 Å². The first-order chi connectivity index (χ1) is 10.1. The molecule has 0 unspecified atom stereocenters. The Morgan fingerprint density at radius 1 is 1.14 bits per heavy atom. The number of hydrogen-bond donors (Lipinski definition) is 1. The zero-order valence-electron chi connectivity index (χ0n) is 11.3. The van der Waals surface area contributed by atoms with Gasteiger partial charge in [-0.3, -0.25) is 4.79 Å². The molecule has 1 saturated carbocycles. The van der Waals surface area contributed by atoms with Gasteiger partial charge in [0, 0.05) is 16.5 Å². The highest BCUT2D eigenvalue weighted by atomic mass is 35.5. The largest absolute Gasteiger partial charge is 0.481 e. The van der Waals surface area contributed by atoms with Crippen LogP contribution in [0, 0.1) is 5.92 Å². The van der Waals surface area contributed by atoms with Gasteiger partial charge in [0.15, 0.2) is 0 Å². The van der Waals surface area contributed by atoms with Crippen LogP contribution in [0.25, 0.3) is 11.5 Å². The topological polar surface area (TPSA) is 76.2 Å². The molecule has 6 heteroatoms. The lowest BCUT2D eigenvalue weighted by Crippen LogP contribution is -2.20. The molecule has 1 aromatic heterocycles. The standard InChI is InChI=1S/C15H15ClN2O3/c16-12-7-5-10(6-8-12)14-18-17-13(21-14)9-1-3-11(4-2-9)15(19)20/h5-9,11H,1-4H2,(H,19,20). The summed E-state index contributed by atoms with van der Waals surface area (Å²) < 4.78 is 5.73. The van der Waals surface area contributed by atoms with Crippen molar-refractivity contribution in [1.29, 1.82) is 0 Å². The molecule has 1 aliphatic rings. The van der Waals surface area contributed by atoms with E-state index in [4.69, 9.17) is 21.1 Å². The van der Waals surface area contributed by atoms with Gasteiger partial charge < -0.3 is 9.52 Å². The highest BCUT2D eigenvalue weighted by molar-refractivity contribution is 6.30. The van der Waals surface area contributed by atoms with E-state index >= 15 is 0 Å². The molecule has 3 rings (SSSR count). The molecule has 0 radical (unpaired) electrons. The lowest BCUT2D eigenvalue weighted by atomic mass is 9.82. The van der Waals surface area contributed by atoms with Gasteiger partial charge in [-0.2, -0.15) is 0 Å². The maximum atomic E-state index is 11.0. The highest BCUT2D eigenvalue weighted by Crippen LogP contribution is 2.36. The Morgan fingerprint density at radius 2 is 1.81 bits per heavy atom. The zero-order chi connectivity index (χ0) is 14.8. The van der Waals surface area contributed by atoms with Crippen molar-refractivity contribution in [1.82, 2.24) is 10.2 Å². The lowest BCUT2D eigenvalue weighted by Gasteiger charge is -2.23. The fourth-order valence-electron chi connectivity index (χ4n) is 2.70. The highest BCUT2D eigenvalue weighted by Gasteiger charge is 2.29. The van der Waals surface area contributed by atoms with E-state index in [0.29, 0.717) is 29.6 Å². The van der Waals surface area contributed by atoms with Crippen LogP contribution in [0.1, 0.15) is 37.5 Å². The summed E-state index contributed by atoms with van der Waals surface area (Å²) in [7, 11) is 0. The van der Waals surface area contributed by atoms with Crippen molar-refractivity contribution in [2.24, 2.45) is 5.92 Å². The van der Waals surface area contributed by atoms with Crippen LogP contribution in [0.15, 0.2) is 28.7 Å². The summed E-state index contributed by atoms with van der Waals surface area (Å²) in [5.74, 6) is 0.292. The van der Waals surface area contributed by atoms with E-state index in [1.54, 1.807) is 12.1 Å². The molecule has 2 aromatic rings. The van der Waals surface area contributed by atoms with Crippen LogP contribution in [0.2, 0.25) is 5.02 Å². The maximum Gasteiger partial charge on any atom is 0.306 e. The Bertz CT molecular complexity index is 631. The van der Waals surface area contributed by atoms with Crippen molar-refractivity contribution in [3.63, 3.8) is 0 Å². The summed E-state index contributed by atoms with van der Waals surface area (Å²) in [6.07, 6.45) is 2.88. The van der Waals surface area contributed by atoms with Gasteiger partial charge in [0.05, 0.1) is 5.92 Å². The van der Waals surface area contributed by atoms with Crippen LogP contribution in [-0.4, -0.2) is 21.3 Å². The van der Waals surface area contributed by atoms with Crippen LogP contribution in [0.3, 0.4) is 0 Å². The van der Waals surface area contributed by atoms with Crippen molar-refractivity contribution >= 4 is 17.6 Å². The summed E-state index contributed by atoms with van der Waals surface area (Å²) in [6, 6.07) is 7.22. The Hall–Kier alpha value is -1.88. The number of carboxylic acid groups (broad SMARTS) is 1. The molecule has 5 nitrogen and oxygen atoms in total. The molecule has 1 aliphatic carbocycles. The van der Waals surface area contributed by atoms with Gasteiger partial charge in [0.1, 0.15) is 0 Å². The molecular weight excluding hydrogens is 292 g/mol. The van der Waals surface area contributed by atoms with Crippen molar-refractivity contribution < 1.29 is 14.3 Å². The number of benzene rings is 1. The summed E-state index contributed by atoms with van der Waals surface area (Å²) in [5.41, 5.74) is 0.831. The zero-order valence-corrected chi connectivity index (χ0v) is 12.1. The predicted molar refractivity (Wildman–Crippen MR) is 77.1 cm³/mol. The Kier molecular flexibility index (Phi) is 3.92. The second-order valence-electron chi connectivity index (χ2n) is 5.34. The molecule has 1 aromatic carbocycles. The average molecular weight is 307 g/mol. The molecule has 0 spiro atoms. The normalized spacial score (nSPS) is 22.1. The molecule has 21 heavy (non-hydrogen) atoms. The molecule has 0 aliphatic heterocycles. The van der Waals surface area contributed by atoms with Crippen molar-refractivity contribution in [2.45, 2.75) is 31.6 Å².